The number of rotatable bonds is 4. The molecule has 0 heterocycles. The zero-order valence-electron chi connectivity index (χ0n) is 9.71. The lowest BCUT2D eigenvalue weighted by molar-refractivity contribution is -0.116. The first kappa shape index (κ1) is 14.0. The molecule has 5 heteroatoms. The van der Waals surface area contributed by atoms with Gasteiger partial charge in [-0.05, 0) is 6.92 Å². The molecule has 0 radical (unpaired) electrons. The van der Waals surface area contributed by atoms with Gasteiger partial charge in [-0.3, -0.25) is 4.79 Å². The quantitative estimate of drug-likeness (QED) is 0.650. The third-order valence-electron chi connectivity index (χ3n) is 2.10. The second-order valence-corrected chi connectivity index (χ2v) is 3.45. The van der Waals surface area contributed by atoms with Gasteiger partial charge in [-0.1, -0.05) is 18.2 Å². The van der Waals surface area contributed by atoms with Crippen LogP contribution in [0.5, 0.6) is 0 Å². The van der Waals surface area contributed by atoms with Gasteiger partial charge in [-0.25, -0.2) is 13.2 Å². The summed E-state index contributed by atoms with van der Waals surface area (Å²) in [5, 5.41) is 2.30. The van der Waals surface area contributed by atoms with Crippen molar-refractivity contribution in [3.8, 4) is 0 Å². The zero-order chi connectivity index (χ0) is 13.5. The molecule has 1 N–H and O–H groups in total. The second-order valence-electron chi connectivity index (χ2n) is 3.45. The van der Waals surface area contributed by atoms with Crippen molar-refractivity contribution in [2.75, 3.05) is 0 Å². The van der Waals surface area contributed by atoms with Crippen LogP contribution in [0.1, 0.15) is 12.5 Å². The molecule has 0 aliphatic heterocycles. The summed E-state index contributed by atoms with van der Waals surface area (Å²) in [5.41, 5.74) is -0.371. The molecule has 18 heavy (non-hydrogen) atoms. The van der Waals surface area contributed by atoms with Crippen molar-refractivity contribution in [3.63, 3.8) is 0 Å². The monoisotopic (exact) mass is 255 g/mol. The van der Waals surface area contributed by atoms with E-state index in [1.807, 2.05) is 0 Å². The molecule has 0 aromatic heterocycles. The Kier molecular flexibility index (Phi) is 5.17. The van der Waals surface area contributed by atoms with Crippen LogP contribution in [0, 0.1) is 17.5 Å². The number of carbonyl (C=O) groups is 1. The van der Waals surface area contributed by atoms with E-state index in [4.69, 9.17) is 0 Å². The van der Waals surface area contributed by atoms with E-state index >= 15 is 0 Å². The van der Waals surface area contributed by atoms with Crippen molar-refractivity contribution in [2.24, 2.45) is 0 Å². The lowest BCUT2D eigenvalue weighted by Crippen LogP contribution is -2.21. The SMILES string of the molecule is C/C=C/C=C/C(=O)NCc1c(F)cc(F)cc1F. The molecule has 2 nitrogen and oxygen atoms in total. The first-order valence-electron chi connectivity index (χ1n) is 5.25. The van der Waals surface area contributed by atoms with Crippen LogP contribution in [0.2, 0.25) is 0 Å². The third-order valence-corrected chi connectivity index (χ3v) is 2.10. The Hall–Kier alpha value is -2.04. The van der Waals surface area contributed by atoms with Crippen molar-refractivity contribution in [1.29, 1.82) is 0 Å². The van der Waals surface area contributed by atoms with Crippen LogP contribution in [0.3, 0.4) is 0 Å². The maximum absolute atomic E-state index is 13.2. The van der Waals surface area contributed by atoms with Crippen molar-refractivity contribution in [1.82, 2.24) is 5.32 Å². The number of amides is 1. The van der Waals surface area contributed by atoms with Crippen LogP contribution in [0.25, 0.3) is 0 Å². The van der Waals surface area contributed by atoms with Gasteiger partial charge in [0.05, 0.1) is 0 Å². The van der Waals surface area contributed by atoms with E-state index in [-0.39, 0.29) is 12.1 Å². The van der Waals surface area contributed by atoms with Crippen LogP contribution < -0.4 is 5.32 Å². The van der Waals surface area contributed by atoms with Gasteiger partial charge in [0.1, 0.15) is 17.5 Å². The minimum atomic E-state index is -1.02. The lowest BCUT2D eigenvalue weighted by atomic mass is 10.2. The highest BCUT2D eigenvalue weighted by Gasteiger charge is 2.11. The van der Waals surface area contributed by atoms with Crippen molar-refractivity contribution >= 4 is 5.91 Å². The predicted molar refractivity (Wildman–Crippen MR) is 62.1 cm³/mol. The van der Waals surface area contributed by atoms with E-state index in [2.05, 4.69) is 5.32 Å². The highest BCUT2D eigenvalue weighted by molar-refractivity contribution is 5.87. The van der Waals surface area contributed by atoms with Gasteiger partial charge in [0.15, 0.2) is 0 Å². The highest BCUT2D eigenvalue weighted by Crippen LogP contribution is 2.14. The van der Waals surface area contributed by atoms with Crippen LogP contribution in [-0.2, 0) is 11.3 Å². The number of allylic oxidation sites excluding steroid dienone is 3. The largest absolute Gasteiger partial charge is 0.348 e. The van der Waals surface area contributed by atoms with Crippen molar-refractivity contribution < 1.29 is 18.0 Å². The number of hydrogen-bond acceptors (Lipinski definition) is 1. The molecule has 0 saturated carbocycles. The smallest absolute Gasteiger partial charge is 0.244 e. The Morgan fingerprint density at radius 2 is 1.83 bits per heavy atom. The van der Waals surface area contributed by atoms with Gasteiger partial charge in [0.2, 0.25) is 5.91 Å². The number of nitrogens with one attached hydrogen (secondary N) is 1. The number of benzene rings is 1. The summed E-state index contributed by atoms with van der Waals surface area (Å²) < 4.78 is 39.0. The van der Waals surface area contributed by atoms with E-state index in [0.717, 1.165) is 0 Å². The minimum absolute atomic E-state index is 0.336. The number of halogens is 3. The molecule has 1 rings (SSSR count). The summed E-state index contributed by atoms with van der Waals surface area (Å²) in [7, 11) is 0. The molecule has 0 atom stereocenters. The molecule has 0 bridgehead atoms. The van der Waals surface area contributed by atoms with Gasteiger partial charge >= 0.3 is 0 Å². The van der Waals surface area contributed by atoms with Crippen LogP contribution in [0.4, 0.5) is 13.2 Å². The van der Waals surface area contributed by atoms with Gasteiger partial charge < -0.3 is 5.32 Å². The van der Waals surface area contributed by atoms with Crippen LogP contribution in [-0.4, -0.2) is 5.91 Å². The average Bonchev–Trinajstić information content (AvgIpc) is 2.27. The maximum Gasteiger partial charge on any atom is 0.244 e. The second kappa shape index (κ2) is 6.64. The Bertz CT molecular complexity index is 472. The summed E-state index contributed by atoms with van der Waals surface area (Å²) in [4.78, 5) is 11.2. The molecule has 0 aliphatic carbocycles. The van der Waals surface area contributed by atoms with Crippen molar-refractivity contribution in [3.05, 3.63) is 59.5 Å². The summed E-state index contributed by atoms with van der Waals surface area (Å²) in [6.45, 7) is 1.45. The Morgan fingerprint density at radius 3 is 2.39 bits per heavy atom. The maximum atomic E-state index is 13.2. The van der Waals surface area contributed by atoms with E-state index in [9.17, 15) is 18.0 Å². The summed E-state index contributed by atoms with van der Waals surface area (Å²) in [5.74, 6) is -3.53. The average molecular weight is 255 g/mol. The fraction of sp³-hybridized carbons (Fsp3) is 0.154. The number of carbonyl (C=O) groups excluding carboxylic acids is 1. The molecule has 1 aromatic rings. The van der Waals surface area contributed by atoms with E-state index < -0.39 is 23.4 Å². The lowest BCUT2D eigenvalue weighted by Gasteiger charge is -2.05. The highest BCUT2D eigenvalue weighted by atomic mass is 19.1. The van der Waals surface area contributed by atoms with E-state index in [0.29, 0.717) is 12.1 Å². The van der Waals surface area contributed by atoms with E-state index in [1.54, 1.807) is 19.1 Å². The normalized spacial score (nSPS) is 11.3. The minimum Gasteiger partial charge on any atom is -0.348 e. The van der Waals surface area contributed by atoms with Crippen molar-refractivity contribution in [2.45, 2.75) is 13.5 Å². The molecular formula is C13H12F3NO. The molecule has 96 valence electrons. The molecule has 0 aliphatic rings. The Morgan fingerprint density at radius 1 is 1.22 bits per heavy atom. The van der Waals surface area contributed by atoms with Crippen LogP contribution >= 0.6 is 0 Å². The number of hydrogen-bond donors (Lipinski definition) is 1. The summed E-state index contributed by atoms with van der Waals surface area (Å²) >= 11 is 0. The molecule has 0 unspecified atom stereocenters. The molecule has 0 saturated heterocycles. The molecule has 0 spiro atoms. The summed E-state index contributed by atoms with van der Waals surface area (Å²) in [6, 6.07) is 1.14. The predicted octanol–water partition coefficient (Wildman–Crippen LogP) is 2.85. The molecule has 0 fully saturated rings. The topological polar surface area (TPSA) is 29.1 Å². The van der Waals surface area contributed by atoms with Gasteiger partial charge in [0.25, 0.3) is 0 Å². The summed E-state index contributed by atoms with van der Waals surface area (Å²) in [6.07, 6.45) is 6.08. The first-order chi connectivity index (χ1) is 8.54. The van der Waals surface area contributed by atoms with Gasteiger partial charge in [-0.2, -0.15) is 0 Å². The molecule has 1 amide bonds. The van der Waals surface area contributed by atoms with Crippen LogP contribution in [0.15, 0.2) is 36.4 Å². The van der Waals surface area contributed by atoms with Gasteiger partial charge in [0, 0.05) is 30.3 Å². The Balaban J connectivity index is 2.67. The van der Waals surface area contributed by atoms with Gasteiger partial charge in [-0.15, -0.1) is 0 Å². The fourth-order valence-electron chi connectivity index (χ4n) is 1.23. The fourth-order valence-corrected chi connectivity index (χ4v) is 1.23. The third kappa shape index (κ3) is 4.08. The van der Waals surface area contributed by atoms with E-state index in [1.165, 1.54) is 12.2 Å². The molecule has 1 aromatic carbocycles. The zero-order valence-corrected chi connectivity index (χ0v) is 9.71. The molecular weight excluding hydrogens is 243 g/mol. The first-order valence-corrected chi connectivity index (χ1v) is 5.25. The standard InChI is InChI=1S/C13H12F3NO/c1-2-3-4-5-13(18)17-8-10-11(15)6-9(14)7-12(10)16/h2-7H,8H2,1H3,(H,17,18)/b3-2+,5-4+. The Labute approximate surface area is 103 Å².